The van der Waals surface area contributed by atoms with Crippen LogP contribution in [0.2, 0.25) is 0 Å². The molecule has 11 N–H and O–H groups in total. The summed E-state index contributed by atoms with van der Waals surface area (Å²) < 4.78 is 22.8. The molecular formula is C18H34N4O7. The molecule has 2 heterocycles. The molecule has 10 atom stereocenters. The van der Waals surface area contributed by atoms with Crippen molar-refractivity contribution in [1.29, 1.82) is 0 Å². The summed E-state index contributed by atoms with van der Waals surface area (Å²) in [5.41, 5.74) is 22.9. The molecule has 0 bridgehead atoms. The van der Waals surface area contributed by atoms with Gasteiger partial charge in [0, 0.05) is 18.5 Å². The van der Waals surface area contributed by atoms with Crippen molar-refractivity contribution in [3.8, 4) is 0 Å². The van der Waals surface area contributed by atoms with Crippen LogP contribution in [0.15, 0.2) is 11.8 Å². The first-order valence-electron chi connectivity index (χ1n) is 9.95. The predicted molar refractivity (Wildman–Crippen MR) is 102 cm³/mol. The van der Waals surface area contributed by atoms with E-state index in [0.29, 0.717) is 18.6 Å². The molecule has 0 amide bonds. The van der Waals surface area contributed by atoms with Gasteiger partial charge in [0.2, 0.25) is 6.29 Å². The first kappa shape index (κ1) is 22.8. The van der Waals surface area contributed by atoms with Crippen molar-refractivity contribution in [1.82, 2.24) is 0 Å². The Kier molecular flexibility index (Phi) is 7.16. The van der Waals surface area contributed by atoms with Crippen LogP contribution in [-0.2, 0) is 18.9 Å². The molecule has 11 heteroatoms. The van der Waals surface area contributed by atoms with E-state index in [1.807, 2.05) is 0 Å². The Hall–Kier alpha value is -0.860. The van der Waals surface area contributed by atoms with E-state index in [2.05, 4.69) is 0 Å². The van der Waals surface area contributed by atoms with E-state index in [0.717, 1.165) is 0 Å². The van der Waals surface area contributed by atoms with Crippen molar-refractivity contribution in [3.05, 3.63) is 11.8 Å². The van der Waals surface area contributed by atoms with Gasteiger partial charge in [-0.3, -0.25) is 0 Å². The van der Waals surface area contributed by atoms with E-state index < -0.39 is 60.7 Å². The normalized spacial score (nSPS) is 48.7. The molecule has 0 aromatic rings. The average molecular weight is 418 g/mol. The zero-order chi connectivity index (χ0) is 21.3. The highest BCUT2D eigenvalue weighted by atomic mass is 16.7. The fraction of sp³-hybridized carbons (Fsp3) is 0.889. The highest BCUT2D eigenvalue weighted by molar-refractivity contribution is 5.04. The number of hydrogen-bond donors (Lipinski definition) is 7. The summed E-state index contributed by atoms with van der Waals surface area (Å²) in [7, 11) is 0. The maximum atomic E-state index is 10.9. The van der Waals surface area contributed by atoms with Gasteiger partial charge in [-0.15, -0.1) is 0 Å². The van der Waals surface area contributed by atoms with Crippen molar-refractivity contribution >= 4 is 0 Å². The van der Waals surface area contributed by atoms with Gasteiger partial charge in [0.15, 0.2) is 6.29 Å². The summed E-state index contributed by atoms with van der Waals surface area (Å²) in [6, 6.07) is -1.61. The topological polar surface area (TPSA) is 202 Å². The SMILES string of the molecule is C[C@]1(O)CO[C@H](O[C@H]2[C@H](N)C[C@H](N)C(O[C@H]3OC(CN)=CC[C@H]3N)[C@@H]2O)[C@H](O)C1. The first-order chi connectivity index (χ1) is 13.6. The number of rotatable bonds is 5. The molecule has 0 aromatic carbocycles. The second-order valence-corrected chi connectivity index (χ2v) is 8.46. The third-order valence-corrected chi connectivity index (χ3v) is 5.60. The molecule has 0 spiro atoms. The van der Waals surface area contributed by atoms with E-state index >= 15 is 0 Å². The molecule has 3 aliphatic rings. The molecule has 2 fully saturated rings. The van der Waals surface area contributed by atoms with Crippen LogP contribution in [0, 0.1) is 0 Å². The van der Waals surface area contributed by atoms with Crippen molar-refractivity contribution in [2.24, 2.45) is 22.9 Å². The smallest absolute Gasteiger partial charge is 0.215 e. The van der Waals surface area contributed by atoms with E-state index in [1.54, 1.807) is 13.0 Å². The molecular weight excluding hydrogens is 384 g/mol. The summed E-state index contributed by atoms with van der Waals surface area (Å²) in [6.45, 7) is 1.77. The Balaban J connectivity index is 1.66. The van der Waals surface area contributed by atoms with Crippen LogP contribution in [0.4, 0.5) is 0 Å². The summed E-state index contributed by atoms with van der Waals surface area (Å²) in [5.74, 6) is 0.561. The molecule has 1 saturated carbocycles. The zero-order valence-corrected chi connectivity index (χ0v) is 16.6. The molecule has 3 rings (SSSR count). The minimum atomic E-state index is -1.20. The fourth-order valence-corrected chi connectivity index (χ4v) is 3.98. The van der Waals surface area contributed by atoms with Crippen LogP contribution < -0.4 is 22.9 Å². The Morgan fingerprint density at radius 1 is 1.10 bits per heavy atom. The lowest BCUT2D eigenvalue weighted by Gasteiger charge is -2.46. The van der Waals surface area contributed by atoms with Gasteiger partial charge in [-0.05, 0) is 25.8 Å². The lowest BCUT2D eigenvalue weighted by molar-refractivity contribution is -0.296. The average Bonchev–Trinajstić information content (AvgIpc) is 2.64. The van der Waals surface area contributed by atoms with Gasteiger partial charge in [0.05, 0.1) is 24.8 Å². The highest BCUT2D eigenvalue weighted by Crippen LogP contribution is 2.30. The number of aliphatic hydroxyl groups is 3. The van der Waals surface area contributed by atoms with Gasteiger partial charge in [-0.1, -0.05) is 0 Å². The minimum absolute atomic E-state index is 0.00874. The Labute approximate surface area is 169 Å². The standard InChI is InChI=1S/C18H34N4O7/c1-18(25)5-12(23)17(26-7-18)29-15-11(22)4-10(21)14(13(15)24)28-16-9(20)3-2-8(6-19)27-16/h2,9-17,23-25H,3-7,19-22H2,1H3/t9-,10+,11-,12-,13+,14?,15+,16-,17-,18-/m1/s1. The predicted octanol–water partition coefficient (Wildman–Crippen LogP) is -3.05. The highest BCUT2D eigenvalue weighted by Gasteiger charge is 2.48. The van der Waals surface area contributed by atoms with Gasteiger partial charge < -0.3 is 57.2 Å². The van der Waals surface area contributed by atoms with Gasteiger partial charge in [-0.2, -0.15) is 0 Å². The second-order valence-electron chi connectivity index (χ2n) is 8.46. The quantitative estimate of drug-likeness (QED) is 0.239. The lowest BCUT2D eigenvalue weighted by atomic mass is 9.84. The number of nitrogens with two attached hydrogens (primary N) is 4. The summed E-state index contributed by atoms with van der Waals surface area (Å²) in [6.07, 6.45) is -3.14. The van der Waals surface area contributed by atoms with Crippen molar-refractivity contribution in [2.75, 3.05) is 13.2 Å². The van der Waals surface area contributed by atoms with Crippen molar-refractivity contribution in [2.45, 2.75) is 86.9 Å². The van der Waals surface area contributed by atoms with E-state index in [-0.39, 0.29) is 19.6 Å². The van der Waals surface area contributed by atoms with E-state index in [4.69, 9.17) is 41.9 Å². The van der Waals surface area contributed by atoms with Crippen molar-refractivity contribution in [3.63, 3.8) is 0 Å². The third kappa shape index (κ3) is 5.25. The summed E-state index contributed by atoms with van der Waals surface area (Å²) in [5, 5.41) is 31.1. The molecule has 29 heavy (non-hydrogen) atoms. The van der Waals surface area contributed by atoms with Crippen molar-refractivity contribution < 1.29 is 34.3 Å². The number of ether oxygens (including phenoxy) is 4. The molecule has 1 saturated heterocycles. The number of aliphatic hydroxyl groups excluding tert-OH is 2. The van der Waals surface area contributed by atoms with Crippen LogP contribution in [0.5, 0.6) is 0 Å². The van der Waals surface area contributed by atoms with Gasteiger partial charge in [-0.25, -0.2) is 0 Å². The Morgan fingerprint density at radius 3 is 2.31 bits per heavy atom. The van der Waals surface area contributed by atoms with Gasteiger partial charge >= 0.3 is 0 Å². The maximum absolute atomic E-state index is 10.9. The minimum Gasteiger partial charge on any atom is -0.467 e. The largest absolute Gasteiger partial charge is 0.467 e. The fourth-order valence-electron chi connectivity index (χ4n) is 3.98. The monoisotopic (exact) mass is 418 g/mol. The van der Waals surface area contributed by atoms with Crippen LogP contribution in [0.1, 0.15) is 26.2 Å². The molecule has 1 aliphatic carbocycles. The zero-order valence-electron chi connectivity index (χ0n) is 16.6. The van der Waals surface area contributed by atoms with Gasteiger partial charge in [0.1, 0.15) is 30.2 Å². The molecule has 0 aromatic heterocycles. The molecule has 11 nitrogen and oxygen atoms in total. The summed E-state index contributed by atoms with van der Waals surface area (Å²) >= 11 is 0. The van der Waals surface area contributed by atoms with Crippen LogP contribution in [0.3, 0.4) is 0 Å². The lowest BCUT2D eigenvalue weighted by Crippen LogP contribution is -2.65. The molecule has 0 radical (unpaired) electrons. The Bertz CT molecular complexity index is 593. The van der Waals surface area contributed by atoms with Crippen LogP contribution >= 0.6 is 0 Å². The summed E-state index contributed by atoms with van der Waals surface area (Å²) in [4.78, 5) is 0. The van der Waals surface area contributed by atoms with E-state index in [1.165, 1.54) is 0 Å². The van der Waals surface area contributed by atoms with Gasteiger partial charge in [0.25, 0.3) is 0 Å². The maximum Gasteiger partial charge on any atom is 0.215 e. The first-order valence-corrected chi connectivity index (χ1v) is 9.95. The third-order valence-electron chi connectivity index (χ3n) is 5.60. The second kappa shape index (κ2) is 9.10. The van der Waals surface area contributed by atoms with Crippen LogP contribution in [-0.4, -0.2) is 89.2 Å². The van der Waals surface area contributed by atoms with Crippen LogP contribution in [0.25, 0.3) is 0 Å². The Morgan fingerprint density at radius 2 is 1.72 bits per heavy atom. The molecule has 2 aliphatic heterocycles. The molecule has 168 valence electrons. The number of hydrogen-bond acceptors (Lipinski definition) is 11. The molecule has 1 unspecified atom stereocenters. The van der Waals surface area contributed by atoms with E-state index in [9.17, 15) is 15.3 Å².